The Morgan fingerprint density at radius 3 is 2.48 bits per heavy atom. The van der Waals surface area contributed by atoms with Crippen molar-refractivity contribution in [3.8, 4) is 0 Å². The quantitative estimate of drug-likeness (QED) is 0.588. The summed E-state index contributed by atoms with van der Waals surface area (Å²) in [6.45, 7) is 12.5. The number of nitrogens with one attached hydrogen (secondary N) is 2. The molecule has 1 heterocycles. The molecule has 2 N–H and O–H groups in total. The van der Waals surface area contributed by atoms with E-state index in [0.717, 1.165) is 51.8 Å². The predicted molar refractivity (Wildman–Crippen MR) is 105 cm³/mol. The van der Waals surface area contributed by atoms with E-state index in [1.807, 2.05) is 7.05 Å². The molecule has 1 aromatic rings. The third kappa shape index (κ3) is 6.67. The van der Waals surface area contributed by atoms with Crippen LogP contribution < -0.4 is 10.6 Å². The normalized spacial score (nSPS) is 18.6. The van der Waals surface area contributed by atoms with E-state index >= 15 is 0 Å². The van der Waals surface area contributed by atoms with Crippen LogP contribution in [0.5, 0.6) is 0 Å². The highest BCUT2D eigenvalue weighted by Crippen LogP contribution is 2.13. The molecule has 2 atom stereocenters. The van der Waals surface area contributed by atoms with Crippen molar-refractivity contribution in [2.75, 3.05) is 46.4 Å². The Morgan fingerprint density at radius 1 is 1.20 bits per heavy atom. The maximum atomic E-state index is 5.41. The largest absolute Gasteiger partial charge is 0.379 e. The van der Waals surface area contributed by atoms with Crippen LogP contribution in [0.2, 0.25) is 0 Å². The summed E-state index contributed by atoms with van der Waals surface area (Å²) in [5.74, 6) is 1.43. The first kappa shape index (κ1) is 19.7. The molecule has 1 aliphatic heterocycles. The highest BCUT2D eigenvalue weighted by Gasteiger charge is 2.14. The highest BCUT2D eigenvalue weighted by atomic mass is 16.5. The molecule has 0 spiro atoms. The number of rotatable bonds is 7. The number of hydrogen-bond acceptors (Lipinski definition) is 3. The van der Waals surface area contributed by atoms with Crippen molar-refractivity contribution in [1.82, 2.24) is 15.5 Å². The first-order valence-electron chi connectivity index (χ1n) is 9.48. The molecule has 0 aliphatic carbocycles. The molecule has 0 aromatic heterocycles. The van der Waals surface area contributed by atoms with E-state index in [0.29, 0.717) is 5.92 Å². The zero-order valence-corrected chi connectivity index (χ0v) is 16.2. The molecule has 1 aliphatic rings. The van der Waals surface area contributed by atoms with Gasteiger partial charge in [-0.15, -0.1) is 0 Å². The number of aryl methyl sites for hydroxylation is 1. The smallest absolute Gasteiger partial charge is 0.191 e. The van der Waals surface area contributed by atoms with Crippen LogP contribution in [0.1, 0.15) is 37.9 Å². The molecule has 1 aromatic carbocycles. The monoisotopic (exact) mass is 346 g/mol. The summed E-state index contributed by atoms with van der Waals surface area (Å²) < 4.78 is 5.41. The van der Waals surface area contributed by atoms with Gasteiger partial charge in [-0.1, -0.05) is 38.1 Å². The summed E-state index contributed by atoms with van der Waals surface area (Å²) >= 11 is 0. The van der Waals surface area contributed by atoms with Gasteiger partial charge in [0.15, 0.2) is 5.96 Å². The van der Waals surface area contributed by atoms with E-state index in [4.69, 9.17) is 4.74 Å². The summed E-state index contributed by atoms with van der Waals surface area (Å²) in [6.07, 6.45) is 1.08. The third-order valence-corrected chi connectivity index (χ3v) is 4.76. The van der Waals surface area contributed by atoms with Crippen molar-refractivity contribution in [3.63, 3.8) is 0 Å². The van der Waals surface area contributed by atoms with Crippen molar-refractivity contribution in [2.45, 2.75) is 33.2 Å². The Labute approximate surface area is 152 Å². The Bertz CT molecular complexity index is 523. The lowest BCUT2D eigenvalue weighted by Crippen LogP contribution is -2.44. The topological polar surface area (TPSA) is 48.9 Å². The fourth-order valence-electron chi connectivity index (χ4n) is 3.09. The molecule has 25 heavy (non-hydrogen) atoms. The van der Waals surface area contributed by atoms with Crippen LogP contribution in [-0.4, -0.2) is 57.3 Å². The number of guanidine groups is 1. The zero-order chi connectivity index (χ0) is 18.1. The maximum absolute atomic E-state index is 5.41. The standard InChI is InChI=1S/C20H34N4O/c1-5-18-6-8-19(9-7-18)17(3)23-20(21-4)22-14-16(2)15-24-10-12-25-13-11-24/h6-9,16-17H,5,10-15H2,1-4H3,(H2,21,22,23). The minimum absolute atomic E-state index is 0.228. The van der Waals surface area contributed by atoms with Gasteiger partial charge in [-0.3, -0.25) is 9.89 Å². The molecule has 2 rings (SSSR count). The van der Waals surface area contributed by atoms with Crippen LogP contribution in [0.3, 0.4) is 0 Å². The highest BCUT2D eigenvalue weighted by molar-refractivity contribution is 5.80. The van der Waals surface area contributed by atoms with Gasteiger partial charge in [0.1, 0.15) is 0 Å². The SMILES string of the molecule is CCc1ccc(C(C)NC(=NC)NCC(C)CN2CCOCC2)cc1. The number of nitrogens with zero attached hydrogens (tertiary/aromatic N) is 2. The van der Waals surface area contributed by atoms with Gasteiger partial charge in [-0.2, -0.15) is 0 Å². The second kappa shape index (κ2) is 10.4. The summed E-state index contributed by atoms with van der Waals surface area (Å²) in [5.41, 5.74) is 2.65. The van der Waals surface area contributed by atoms with E-state index in [9.17, 15) is 0 Å². The van der Waals surface area contributed by atoms with Gasteiger partial charge in [0, 0.05) is 33.2 Å². The Hall–Kier alpha value is -1.59. The van der Waals surface area contributed by atoms with Gasteiger partial charge >= 0.3 is 0 Å². The molecule has 0 saturated carbocycles. The van der Waals surface area contributed by atoms with E-state index in [1.54, 1.807) is 0 Å². The lowest BCUT2D eigenvalue weighted by atomic mass is 10.1. The van der Waals surface area contributed by atoms with Crippen molar-refractivity contribution >= 4 is 5.96 Å². The van der Waals surface area contributed by atoms with Crippen LogP contribution in [0.25, 0.3) is 0 Å². The van der Waals surface area contributed by atoms with Gasteiger partial charge < -0.3 is 15.4 Å². The molecule has 140 valence electrons. The first-order valence-corrected chi connectivity index (χ1v) is 9.48. The summed E-state index contributed by atoms with van der Waals surface area (Å²) in [6, 6.07) is 9.03. The number of ether oxygens (including phenoxy) is 1. The number of morpholine rings is 1. The molecule has 1 fully saturated rings. The summed E-state index contributed by atoms with van der Waals surface area (Å²) in [7, 11) is 1.83. The van der Waals surface area contributed by atoms with Crippen LogP contribution >= 0.6 is 0 Å². The predicted octanol–water partition coefficient (Wildman–Crippen LogP) is 2.44. The third-order valence-electron chi connectivity index (χ3n) is 4.76. The van der Waals surface area contributed by atoms with Gasteiger partial charge in [0.2, 0.25) is 0 Å². The molecule has 0 amide bonds. The van der Waals surface area contributed by atoms with Crippen molar-refractivity contribution in [2.24, 2.45) is 10.9 Å². The maximum Gasteiger partial charge on any atom is 0.191 e. The second-order valence-electron chi connectivity index (χ2n) is 6.93. The van der Waals surface area contributed by atoms with Gasteiger partial charge in [-0.25, -0.2) is 0 Å². The average molecular weight is 347 g/mol. The Kier molecular flexibility index (Phi) is 8.22. The lowest BCUT2D eigenvalue weighted by Gasteiger charge is -2.29. The van der Waals surface area contributed by atoms with Crippen LogP contribution in [0.4, 0.5) is 0 Å². The molecule has 0 radical (unpaired) electrons. The van der Waals surface area contributed by atoms with E-state index < -0.39 is 0 Å². The first-order chi connectivity index (χ1) is 12.1. The van der Waals surface area contributed by atoms with Crippen LogP contribution in [-0.2, 0) is 11.2 Å². The van der Waals surface area contributed by atoms with E-state index in [1.165, 1.54) is 11.1 Å². The lowest BCUT2D eigenvalue weighted by molar-refractivity contribution is 0.0320. The molecule has 2 unspecified atom stereocenters. The zero-order valence-electron chi connectivity index (χ0n) is 16.2. The molecule has 1 saturated heterocycles. The van der Waals surface area contributed by atoms with E-state index in [-0.39, 0.29) is 6.04 Å². The Morgan fingerprint density at radius 2 is 1.88 bits per heavy atom. The van der Waals surface area contributed by atoms with E-state index in [2.05, 4.69) is 65.6 Å². The summed E-state index contributed by atoms with van der Waals surface area (Å²) in [4.78, 5) is 6.84. The minimum atomic E-state index is 0.228. The van der Waals surface area contributed by atoms with Crippen LogP contribution in [0.15, 0.2) is 29.3 Å². The molecular weight excluding hydrogens is 312 g/mol. The number of aliphatic imine (C=N–C) groups is 1. The van der Waals surface area contributed by atoms with Gasteiger partial charge in [-0.05, 0) is 30.4 Å². The Balaban J connectivity index is 1.76. The minimum Gasteiger partial charge on any atom is -0.379 e. The fourth-order valence-corrected chi connectivity index (χ4v) is 3.09. The van der Waals surface area contributed by atoms with Crippen molar-refractivity contribution in [3.05, 3.63) is 35.4 Å². The molecule has 5 nitrogen and oxygen atoms in total. The molecular formula is C20H34N4O. The van der Waals surface area contributed by atoms with Crippen molar-refractivity contribution in [1.29, 1.82) is 0 Å². The summed E-state index contributed by atoms with van der Waals surface area (Å²) in [5, 5.41) is 6.95. The molecule has 0 bridgehead atoms. The van der Waals surface area contributed by atoms with Crippen molar-refractivity contribution < 1.29 is 4.74 Å². The van der Waals surface area contributed by atoms with Crippen LogP contribution in [0, 0.1) is 5.92 Å². The number of hydrogen-bond donors (Lipinski definition) is 2. The molecule has 5 heteroatoms. The number of benzene rings is 1. The average Bonchev–Trinajstić information content (AvgIpc) is 2.65. The fraction of sp³-hybridized carbons (Fsp3) is 0.650. The van der Waals surface area contributed by atoms with Gasteiger partial charge in [0.05, 0.1) is 19.3 Å². The van der Waals surface area contributed by atoms with Gasteiger partial charge in [0.25, 0.3) is 0 Å². The second-order valence-corrected chi connectivity index (χ2v) is 6.93.